The number of methoxy groups -OCH3 is 1. The largest absolute Gasteiger partial charge is 0.467 e. The molecule has 5 heteroatoms. The standard InChI is InChI=1S/C13H21NO4/c1-5-6-7-8-9-13(10(2)15,12(17)18-4)14-11(3)16/h7-8H,5-6,9H2,1-4H3,(H,14,16)/b8-7-/t13-/m1/s1. The number of Topliss-reactive ketones (excluding diaryl/α,β-unsaturated/α-hetero) is 1. The number of ketones is 1. The van der Waals surface area contributed by atoms with Crippen molar-refractivity contribution in [2.45, 2.75) is 45.6 Å². The molecule has 0 unspecified atom stereocenters. The van der Waals surface area contributed by atoms with E-state index in [4.69, 9.17) is 0 Å². The Morgan fingerprint density at radius 1 is 1.22 bits per heavy atom. The van der Waals surface area contributed by atoms with E-state index in [-0.39, 0.29) is 6.42 Å². The van der Waals surface area contributed by atoms with Crippen LogP contribution >= 0.6 is 0 Å². The number of allylic oxidation sites excluding steroid dienone is 1. The summed E-state index contributed by atoms with van der Waals surface area (Å²) in [6.07, 6.45) is 5.53. The third-order valence-corrected chi connectivity index (χ3v) is 2.57. The van der Waals surface area contributed by atoms with Crippen molar-refractivity contribution < 1.29 is 19.1 Å². The Kier molecular flexibility index (Phi) is 6.93. The van der Waals surface area contributed by atoms with Gasteiger partial charge in [0.05, 0.1) is 7.11 Å². The molecule has 1 atom stereocenters. The highest BCUT2D eigenvalue weighted by atomic mass is 16.5. The number of amides is 1. The van der Waals surface area contributed by atoms with E-state index in [9.17, 15) is 14.4 Å². The molecule has 0 radical (unpaired) electrons. The van der Waals surface area contributed by atoms with E-state index in [2.05, 4.69) is 10.1 Å². The number of hydrogen-bond donors (Lipinski definition) is 1. The lowest BCUT2D eigenvalue weighted by Crippen LogP contribution is -2.59. The van der Waals surface area contributed by atoms with Crippen LogP contribution in [0.15, 0.2) is 12.2 Å². The summed E-state index contributed by atoms with van der Waals surface area (Å²) in [7, 11) is 1.19. The summed E-state index contributed by atoms with van der Waals surface area (Å²) in [5, 5.41) is 2.41. The van der Waals surface area contributed by atoms with E-state index < -0.39 is 23.2 Å². The third-order valence-electron chi connectivity index (χ3n) is 2.57. The van der Waals surface area contributed by atoms with Crippen molar-refractivity contribution in [2.24, 2.45) is 0 Å². The molecule has 0 rings (SSSR count). The Balaban J connectivity index is 5.14. The van der Waals surface area contributed by atoms with Crippen LogP contribution in [0.2, 0.25) is 0 Å². The summed E-state index contributed by atoms with van der Waals surface area (Å²) < 4.78 is 4.63. The molecule has 0 bridgehead atoms. The third kappa shape index (κ3) is 4.31. The zero-order valence-electron chi connectivity index (χ0n) is 11.4. The number of nitrogens with one attached hydrogen (secondary N) is 1. The summed E-state index contributed by atoms with van der Waals surface area (Å²) in [5.74, 6) is -1.63. The average Bonchev–Trinajstić information content (AvgIpc) is 2.31. The van der Waals surface area contributed by atoms with E-state index in [1.807, 2.05) is 13.0 Å². The summed E-state index contributed by atoms with van der Waals surface area (Å²) in [6.45, 7) is 4.55. The summed E-state index contributed by atoms with van der Waals surface area (Å²) in [4.78, 5) is 34.7. The number of carbonyl (C=O) groups excluding carboxylic acids is 3. The Hall–Kier alpha value is -1.65. The Labute approximate surface area is 108 Å². The molecule has 0 heterocycles. The zero-order chi connectivity index (χ0) is 14.2. The van der Waals surface area contributed by atoms with Gasteiger partial charge in [0.1, 0.15) is 0 Å². The van der Waals surface area contributed by atoms with E-state index in [1.165, 1.54) is 21.0 Å². The first-order valence-electron chi connectivity index (χ1n) is 5.94. The molecule has 102 valence electrons. The minimum Gasteiger partial charge on any atom is -0.467 e. The van der Waals surface area contributed by atoms with Crippen molar-refractivity contribution in [1.29, 1.82) is 0 Å². The molecule has 0 spiro atoms. The molecule has 18 heavy (non-hydrogen) atoms. The van der Waals surface area contributed by atoms with E-state index >= 15 is 0 Å². The van der Waals surface area contributed by atoms with Gasteiger partial charge in [0.25, 0.3) is 0 Å². The minimum absolute atomic E-state index is 0.106. The van der Waals surface area contributed by atoms with Gasteiger partial charge < -0.3 is 10.1 Å². The van der Waals surface area contributed by atoms with Crippen molar-refractivity contribution in [3.8, 4) is 0 Å². The van der Waals surface area contributed by atoms with Gasteiger partial charge in [-0.2, -0.15) is 0 Å². The fourth-order valence-corrected chi connectivity index (χ4v) is 1.58. The van der Waals surface area contributed by atoms with Crippen LogP contribution in [0.4, 0.5) is 0 Å². The fraction of sp³-hybridized carbons (Fsp3) is 0.615. The van der Waals surface area contributed by atoms with Gasteiger partial charge in [0, 0.05) is 13.3 Å². The van der Waals surface area contributed by atoms with Crippen molar-refractivity contribution in [3.05, 3.63) is 12.2 Å². The highest BCUT2D eigenvalue weighted by Gasteiger charge is 2.44. The Morgan fingerprint density at radius 2 is 1.83 bits per heavy atom. The number of unbranched alkanes of at least 4 members (excludes halogenated alkanes) is 1. The molecule has 1 N–H and O–H groups in total. The molecule has 0 aliphatic heterocycles. The normalized spacial score (nSPS) is 14.0. The average molecular weight is 255 g/mol. The maximum atomic E-state index is 11.8. The van der Waals surface area contributed by atoms with Gasteiger partial charge in [-0.1, -0.05) is 25.5 Å². The van der Waals surface area contributed by atoms with Crippen LogP contribution < -0.4 is 5.32 Å². The quantitative estimate of drug-likeness (QED) is 0.423. The lowest BCUT2D eigenvalue weighted by molar-refractivity contribution is -0.154. The smallest absolute Gasteiger partial charge is 0.339 e. The SMILES string of the molecule is CCC/C=C\C[C@@](NC(C)=O)(C(C)=O)C(=O)OC. The second-order valence-corrected chi connectivity index (χ2v) is 4.10. The molecule has 0 aromatic rings. The molecule has 0 saturated carbocycles. The predicted octanol–water partition coefficient (Wildman–Crippen LogP) is 1.37. The van der Waals surface area contributed by atoms with Crippen LogP contribution in [0.25, 0.3) is 0 Å². The Morgan fingerprint density at radius 3 is 2.22 bits per heavy atom. The monoisotopic (exact) mass is 255 g/mol. The number of esters is 1. The zero-order valence-corrected chi connectivity index (χ0v) is 11.4. The molecule has 0 saturated heterocycles. The molecule has 0 fully saturated rings. The summed E-state index contributed by atoms with van der Waals surface area (Å²) in [5.41, 5.74) is -1.61. The molecule has 5 nitrogen and oxygen atoms in total. The van der Waals surface area contributed by atoms with Crippen LogP contribution in [-0.2, 0) is 19.1 Å². The highest BCUT2D eigenvalue weighted by Crippen LogP contribution is 2.16. The molecule has 0 aliphatic carbocycles. The predicted molar refractivity (Wildman–Crippen MR) is 67.9 cm³/mol. The summed E-state index contributed by atoms with van der Waals surface area (Å²) >= 11 is 0. The van der Waals surface area contributed by atoms with Crippen molar-refractivity contribution in [2.75, 3.05) is 7.11 Å². The second kappa shape index (κ2) is 7.63. The van der Waals surface area contributed by atoms with Crippen molar-refractivity contribution in [1.82, 2.24) is 5.32 Å². The second-order valence-electron chi connectivity index (χ2n) is 4.10. The van der Waals surface area contributed by atoms with Crippen LogP contribution in [0, 0.1) is 0 Å². The van der Waals surface area contributed by atoms with Crippen LogP contribution in [0.5, 0.6) is 0 Å². The van der Waals surface area contributed by atoms with Gasteiger partial charge in [-0.25, -0.2) is 4.79 Å². The van der Waals surface area contributed by atoms with Gasteiger partial charge in [0.15, 0.2) is 11.3 Å². The van der Waals surface area contributed by atoms with E-state index in [0.29, 0.717) is 0 Å². The van der Waals surface area contributed by atoms with Gasteiger partial charge in [0.2, 0.25) is 5.91 Å². The number of ether oxygens (including phenoxy) is 1. The van der Waals surface area contributed by atoms with Crippen molar-refractivity contribution >= 4 is 17.7 Å². The molecule has 1 amide bonds. The van der Waals surface area contributed by atoms with Gasteiger partial charge in [-0.3, -0.25) is 9.59 Å². The molecular weight excluding hydrogens is 234 g/mol. The first kappa shape index (κ1) is 16.4. The summed E-state index contributed by atoms with van der Waals surface area (Å²) in [6, 6.07) is 0. The number of rotatable bonds is 7. The maximum Gasteiger partial charge on any atom is 0.339 e. The number of hydrogen-bond acceptors (Lipinski definition) is 4. The number of carbonyl (C=O) groups is 3. The topological polar surface area (TPSA) is 72.5 Å². The minimum atomic E-state index is -1.61. The van der Waals surface area contributed by atoms with Crippen LogP contribution in [0.3, 0.4) is 0 Å². The molecular formula is C13H21NO4. The first-order valence-corrected chi connectivity index (χ1v) is 5.94. The van der Waals surface area contributed by atoms with Gasteiger partial charge >= 0.3 is 5.97 Å². The lowest BCUT2D eigenvalue weighted by atomic mass is 9.90. The maximum absolute atomic E-state index is 11.8. The molecule has 0 aromatic heterocycles. The first-order chi connectivity index (χ1) is 8.40. The van der Waals surface area contributed by atoms with Crippen LogP contribution in [0.1, 0.15) is 40.0 Å². The van der Waals surface area contributed by atoms with Crippen LogP contribution in [-0.4, -0.2) is 30.3 Å². The van der Waals surface area contributed by atoms with Gasteiger partial charge in [-0.05, 0) is 13.3 Å². The molecule has 0 aromatic carbocycles. The van der Waals surface area contributed by atoms with E-state index in [1.54, 1.807) is 6.08 Å². The van der Waals surface area contributed by atoms with Crippen molar-refractivity contribution in [3.63, 3.8) is 0 Å². The Bertz CT molecular complexity index is 349. The fourth-order valence-electron chi connectivity index (χ4n) is 1.58. The lowest BCUT2D eigenvalue weighted by Gasteiger charge is -2.27. The molecule has 0 aliphatic rings. The van der Waals surface area contributed by atoms with Gasteiger partial charge in [-0.15, -0.1) is 0 Å². The highest BCUT2D eigenvalue weighted by molar-refractivity contribution is 6.10. The van der Waals surface area contributed by atoms with E-state index in [0.717, 1.165) is 12.8 Å².